The maximum atomic E-state index is 13.1. The van der Waals surface area contributed by atoms with E-state index in [2.05, 4.69) is 50.4 Å². The predicted octanol–water partition coefficient (Wildman–Crippen LogP) is 2.37. The Morgan fingerprint density at radius 1 is 1.14 bits per heavy atom. The van der Waals surface area contributed by atoms with Crippen molar-refractivity contribution in [1.82, 2.24) is 0 Å². The molecule has 1 aliphatic rings. The monoisotopic (exact) mass is 380 g/mol. The first-order valence-electron chi connectivity index (χ1n) is 9.79. The summed E-state index contributed by atoms with van der Waals surface area (Å²) in [5.41, 5.74) is 4.08. The van der Waals surface area contributed by atoms with Crippen LogP contribution in [0.2, 0.25) is 0 Å². The van der Waals surface area contributed by atoms with Crippen molar-refractivity contribution in [2.24, 2.45) is 0 Å². The number of carbonyl (C=O) groups is 2. The van der Waals surface area contributed by atoms with Crippen LogP contribution in [0.25, 0.3) is 0 Å². The molecule has 148 valence electrons. The van der Waals surface area contributed by atoms with E-state index in [1.165, 1.54) is 11.1 Å². The fourth-order valence-electron chi connectivity index (χ4n) is 3.47. The first-order valence-corrected chi connectivity index (χ1v) is 9.79. The van der Waals surface area contributed by atoms with Crippen molar-refractivity contribution in [3.8, 4) is 0 Å². The number of anilines is 2. The van der Waals surface area contributed by atoms with Crippen molar-refractivity contribution < 1.29 is 14.5 Å². The Morgan fingerprint density at radius 2 is 1.79 bits per heavy atom. The van der Waals surface area contributed by atoms with E-state index in [0.717, 1.165) is 17.1 Å². The third-order valence-corrected chi connectivity index (χ3v) is 5.45. The SMILES string of the molecule is C[C@H](C(=O)N1CC(=O)Nc2ccccc21)[NH+](C)Cc1ccc(C(C)(C)C)cc1. The number of quaternary nitrogens is 1. The van der Waals surface area contributed by atoms with Crippen LogP contribution in [0, 0.1) is 0 Å². The Balaban J connectivity index is 1.72. The Bertz CT molecular complexity index is 868. The lowest BCUT2D eigenvalue weighted by Gasteiger charge is -2.32. The molecular weight excluding hydrogens is 350 g/mol. The molecule has 5 nitrogen and oxygen atoms in total. The van der Waals surface area contributed by atoms with Gasteiger partial charge in [-0.2, -0.15) is 0 Å². The molecular formula is C23H30N3O2+. The molecule has 0 bridgehead atoms. The minimum absolute atomic E-state index is 0.0360. The van der Waals surface area contributed by atoms with E-state index in [9.17, 15) is 9.59 Å². The van der Waals surface area contributed by atoms with Gasteiger partial charge in [-0.25, -0.2) is 0 Å². The molecule has 0 saturated heterocycles. The largest absolute Gasteiger partial charge is 0.324 e. The average molecular weight is 381 g/mol. The summed E-state index contributed by atoms with van der Waals surface area (Å²) in [5.74, 6) is -0.194. The lowest BCUT2D eigenvalue weighted by atomic mass is 9.87. The molecule has 0 radical (unpaired) electrons. The van der Waals surface area contributed by atoms with Gasteiger partial charge in [-0.3, -0.25) is 14.5 Å². The number of nitrogens with zero attached hydrogens (tertiary/aromatic N) is 1. The first kappa shape index (κ1) is 20.1. The normalized spacial score (nSPS) is 16.2. The number of likely N-dealkylation sites (N-methyl/N-ethyl adjacent to an activating group) is 1. The van der Waals surface area contributed by atoms with Crippen molar-refractivity contribution in [2.45, 2.75) is 45.7 Å². The van der Waals surface area contributed by atoms with Gasteiger partial charge in [0.25, 0.3) is 5.91 Å². The van der Waals surface area contributed by atoms with Crippen LogP contribution in [0.15, 0.2) is 48.5 Å². The van der Waals surface area contributed by atoms with Crippen LogP contribution < -0.4 is 15.1 Å². The minimum atomic E-state index is -0.263. The van der Waals surface area contributed by atoms with Crippen LogP contribution in [0.5, 0.6) is 0 Å². The van der Waals surface area contributed by atoms with Crippen LogP contribution in [-0.2, 0) is 21.5 Å². The number of rotatable bonds is 4. The summed E-state index contributed by atoms with van der Waals surface area (Å²) in [6.07, 6.45) is 0. The Morgan fingerprint density at radius 3 is 2.43 bits per heavy atom. The number of nitrogens with one attached hydrogen (secondary N) is 2. The minimum Gasteiger partial charge on any atom is -0.324 e. The highest BCUT2D eigenvalue weighted by molar-refractivity contribution is 6.10. The van der Waals surface area contributed by atoms with Crippen molar-refractivity contribution in [1.29, 1.82) is 0 Å². The molecule has 2 atom stereocenters. The molecule has 3 rings (SSSR count). The summed E-state index contributed by atoms with van der Waals surface area (Å²) < 4.78 is 0. The molecule has 1 heterocycles. The third kappa shape index (κ3) is 4.25. The van der Waals surface area contributed by atoms with E-state index in [0.29, 0.717) is 5.69 Å². The standard InChI is InChI=1S/C23H29N3O2/c1-16(25(5)14-17-10-12-18(13-11-17)23(2,3)4)22(28)26-15-21(27)24-19-8-6-7-9-20(19)26/h6-13,16H,14-15H2,1-5H3,(H,24,27)/p+1/t16-/m1/s1. The summed E-state index contributed by atoms with van der Waals surface area (Å²) in [6, 6.07) is 15.8. The topological polar surface area (TPSA) is 53.9 Å². The highest BCUT2D eigenvalue weighted by Gasteiger charge is 2.33. The van der Waals surface area contributed by atoms with Crippen LogP contribution in [-0.4, -0.2) is 31.4 Å². The quantitative estimate of drug-likeness (QED) is 0.856. The molecule has 0 aromatic heterocycles. The van der Waals surface area contributed by atoms with E-state index in [1.807, 2.05) is 38.2 Å². The Kier molecular flexibility index (Phi) is 5.57. The fourth-order valence-corrected chi connectivity index (χ4v) is 3.47. The molecule has 2 amide bonds. The van der Waals surface area contributed by atoms with Crippen LogP contribution >= 0.6 is 0 Å². The molecule has 0 saturated carbocycles. The third-order valence-electron chi connectivity index (χ3n) is 5.45. The molecule has 0 aliphatic carbocycles. The molecule has 0 spiro atoms. The average Bonchev–Trinajstić information content (AvgIpc) is 2.65. The summed E-state index contributed by atoms with van der Waals surface area (Å²) in [7, 11) is 2.02. The lowest BCUT2D eigenvalue weighted by molar-refractivity contribution is -0.908. The van der Waals surface area contributed by atoms with Crippen molar-refractivity contribution in [3.63, 3.8) is 0 Å². The van der Waals surface area contributed by atoms with Crippen LogP contribution in [0.1, 0.15) is 38.8 Å². The van der Waals surface area contributed by atoms with E-state index in [4.69, 9.17) is 0 Å². The Labute approximate surface area is 167 Å². The second kappa shape index (κ2) is 7.76. The van der Waals surface area contributed by atoms with Crippen molar-refractivity contribution in [2.75, 3.05) is 23.8 Å². The Hall–Kier alpha value is -2.66. The molecule has 1 unspecified atom stereocenters. The highest BCUT2D eigenvalue weighted by Crippen LogP contribution is 2.29. The molecule has 2 aromatic rings. The van der Waals surface area contributed by atoms with Gasteiger partial charge in [-0.1, -0.05) is 57.2 Å². The molecule has 0 fully saturated rings. The van der Waals surface area contributed by atoms with Gasteiger partial charge < -0.3 is 10.2 Å². The zero-order valence-electron chi connectivity index (χ0n) is 17.4. The van der Waals surface area contributed by atoms with E-state index in [1.54, 1.807) is 4.90 Å². The zero-order valence-corrected chi connectivity index (χ0v) is 17.4. The summed E-state index contributed by atoms with van der Waals surface area (Å²) in [4.78, 5) is 27.9. The number of hydrogen-bond acceptors (Lipinski definition) is 2. The van der Waals surface area contributed by atoms with Crippen LogP contribution in [0.4, 0.5) is 11.4 Å². The predicted molar refractivity (Wildman–Crippen MR) is 113 cm³/mol. The zero-order chi connectivity index (χ0) is 20.5. The van der Waals surface area contributed by atoms with Gasteiger partial charge in [-0.05, 0) is 30.0 Å². The second-order valence-corrected chi connectivity index (χ2v) is 8.68. The highest BCUT2D eigenvalue weighted by atomic mass is 16.2. The van der Waals surface area contributed by atoms with Crippen LogP contribution in [0.3, 0.4) is 0 Å². The second-order valence-electron chi connectivity index (χ2n) is 8.68. The first-order chi connectivity index (χ1) is 13.2. The molecule has 1 aliphatic heterocycles. The number of fused-ring (bicyclic) bond motifs is 1. The maximum absolute atomic E-state index is 13.1. The van der Waals surface area contributed by atoms with Crippen molar-refractivity contribution in [3.05, 3.63) is 59.7 Å². The van der Waals surface area contributed by atoms with Gasteiger partial charge in [0.15, 0.2) is 6.04 Å². The van der Waals surface area contributed by atoms with Gasteiger partial charge in [-0.15, -0.1) is 0 Å². The number of hydrogen-bond donors (Lipinski definition) is 2. The number of carbonyl (C=O) groups excluding carboxylic acids is 2. The summed E-state index contributed by atoms with van der Waals surface area (Å²) in [6.45, 7) is 9.34. The smallest absolute Gasteiger partial charge is 0.285 e. The van der Waals surface area contributed by atoms with E-state index < -0.39 is 0 Å². The van der Waals surface area contributed by atoms with E-state index in [-0.39, 0.29) is 29.8 Å². The van der Waals surface area contributed by atoms with Gasteiger partial charge in [0.1, 0.15) is 13.1 Å². The van der Waals surface area contributed by atoms with Gasteiger partial charge in [0.05, 0.1) is 18.4 Å². The number of para-hydroxylation sites is 2. The van der Waals surface area contributed by atoms with E-state index >= 15 is 0 Å². The summed E-state index contributed by atoms with van der Waals surface area (Å²) >= 11 is 0. The van der Waals surface area contributed by atoms with Gasteiger partial charge in [0.2, 0.25) is 5.91 Å². The summed E-state index contributed by atoms with van der Waals surface area (Å²) in [5, 5.41) is 2.83. The molecule has 5 heteroatoms. The van der Waals surface area contributed by atoms with Gasteiger partial charge >= 0.3 is 0 Å². The maximum Gasteiger partial charge on any atom is 0.285 e. The molecule has 28 heavy (non-hydrogen) atoms. The number of amides is 2. The molecule has 2 aromatic carbocycles. The number of benzene rings is 2. The lowest BCUT2D eigenvalue weighted by Crippen LogP contribution is -3.12. The molecule has 2 N–H and O–H groups in total. The van der Waals surface area contributed by atoms with Crippen molar-refractivity contribution >= 4 is 23.2 Å². The fraction of sp³-hybridized carbons (Fsp3) is 0.391. The van der Waals surface area contributed by atoms with Gasteiger partial charge in [0, 0.05) is 5.56 Å².